The largest absolute Gasteiger partial charge is 0.311 e. The molecule has 3 aliphatic rings. The Morgan fingerprint density at radius 3 is 1.42 bits per heavy atom. The molecule has 0 fully saturated rings. The molecular formula is C52H46N2Si. The first kappa shape index (κ1) is 33.6. The van der Waals surface area contributed by atoms with Crippen LogP contribution in [0.15, 0.2) is 158 Å². The number of nitrogens with zero attached hydrogens (tertiary/aromatic N) is 2. The summed E-state index contributed by atoms with van der Waals surface area (Å²) in [5.41, 5.74) is 17.9. The summed E-state index contributed by atoms with van der Waals surface area (Å²) in [5.74, 6) is 0. The molecule has 1 aliphatic carbocycles. The van der Waals surface area contributed by atoms with E-state index in [1.165, 1.54) is 89.0 Å². The van der Waals surface area contributed by atoms with E-state index in [4.69, 9.17) is 0 Å². The van der Waals surface area contributed by atoms with E-state index in [0.29, 0.717) is 0 Å². The monoisotopic (exact) mass is 726 g/mol. The van der Waals surface area contributed by atoms with Crippen molar-refractivity contribution in [3.05, 3.63) is 191 Å². The van der Waals surface area contributed by atoms with Gasteiger partial charge in [0, 0.05) is 33.6 Å². The molecule has 55 heavy (non-hydrogen) atoms. The second-order valence-corrected chi connectivity index (χ2v) is 21.4. The lowest BCUT2D eigenvalue weighted by Crippen LogP contribution is -2.58. The molecule has 0 aromatic heterocycles. The molecule has 0 saturated heterocycles. The van der Waals surface area contributed by atoms with Gasteiger partial charge in [-0.2, -0.15) is 0 Å². The fourth-order valence-electron chi connectivity index (χ4n) is 9.81. The van der Waals surface area contributed by atoms with Crippen LogP contribution in [0.25, 0.3) is 23.3 Å². The fourth-order valence-corrected chi connectivity index (χ4v) is 12.8. The molecule has 0 N–H and O–H groups in total. The second-order valence-electron chi connectivity index (χ2n) is 17.1. The quantitative estimate of drug-likeness (QED) is 0.132. The highest BCUT2D eigenvalue weighted by molar-refractivity contribution is 7.02. The van der Waals surface area contributed by atoms with E-state index >= 15 is 0 Å². The van der Waals surface area contributed by atoms with E-state index in [0.717, 1.165) is 0 Å². The van der Waals surface area contributed by atoms with Crippen molar-refractivity contribution >= 4 is 64.7 Å². The molecule has 2 aliphatic heterocycles. The van der Waals surface area contributed by atoms with Crippen LogP contribution in [0.1, 0.15) is 61.1 Å². The molecule has 7 aromatic rings. The minimum absolute atomic E-state index is 0.0770. The topological polar surface area (TPSA) is 6.48 Å². The lowest BCUT2D eigenvalue weighted by Gasteiger charge is -2.42. The van der Waals surface area contributed by atoms with Gasteiger partial charge in [-0.15, -0.1) is 0 Å². The van der Waals surface area contributed by atoms with Crippen LogP contribution in [-0.2, 0) is 10.8 Å². The Hall–Kier alpha value is -5.90. The molecule has 2 nitrogen and oxygen atoms in total. The van der Waals surface area contributed by atoms with Gasteiger partial charge in [0.2, 0.25) is 0 Å². The summed E-state index contributed by atoms with van der Waals surface area (Å²) in [7, 11) is -1.80. The summed E-state index contributed by atoms with van der Waals surface area (Å²) in [6, 6.07) is 59.0. The number of fused-ring (bicyclic) bond motifs is 7. The van der Waals surface area contributed by atoms with Gasteiger partial charge in [-0.3, -0.25) is 0 Å². The van der Waals surface area contributed by atoms with Crippen molar-refractivity contribution in [2.75, 3.05) is 9.80 Å². The highest BCUT2D eigenvalue weighted by Crippen LogP contribution is 2.55. The van der Waals surface area contributed by atoms with Crippen molar-refractivity contribution in [3.63, 3.8) is 0 Å². The predicted molar refractivity (Wildman–Crippen MR) is 238 cm³/mol. The van der Waals surface area contributed by atoms with Crippen LogP contribution in [0.2, 0.25) is 13.1 Å². The second kappa shape index (κ2) is 12.0. The summed E-state index contributed by atoms with van der Waals surface area (Å²) >= 11 is 0. The average molecular weight is 727 g/mol. The third-order valence-electron chi connectivity index (χ3n) is 12.8. The molecule has 0 amide bonds. The zero-order valence-electron chi connectivity index (χ0n) is 32.6. The van der Waals surface area contributed by atoms with Crippen molar-refractivity contribution in [1.29, 1.82) is 0 Å². The number of para-hydroxylation sites is 4. The third-order valence-corrected chi connectivity index (χ3v) is 16.4. The Balaban J connectivity index is 0.953. The number of anilines is 6. The van der Waals surface area contributed by atoms with Gasteiger partial charge in [0.1, 0.15) is 8.07 Å². The fraction of sp³-hybridized carbons (Fsp3) is 0.154. The van der Waals surface area contributed by atoms with Gasteiger partial charge < -0.3 is 9.80 Å². The van der Waals surface area contributed by atoms with Crippen LogP contribution in [0, 0.1) is 0 Å². The van der Waals surface area contributed by atoms with E-state index in [-0.39, 0.29) is 10.8 Å². The molecule has 0 radical (unpaired) electrons. The maximum atomic E-state index is 2.47. The van der Waals surface area contributed by atoms with Crippen LogP contribution in [-0.4, -0.2) is 8.07 Å². The molecule has 0 unspecified atom stereocenters. The van der Waals surface area contributed by atoms with Gasteiger partial charge in [-0.1, -0.05) is 162 Å². The molecule has 3 heteroatoms. The summed E-state index contributed by atoms with van der Waals surface area (Å²) in [6.45, 7) is 14.4. The molecule has 2 heterocycles. The van der Waals surface area contributed by atoms with E-state index in [1.54, 1.807) is 0 Å². The minimum atomic E-state index is -1.80. The smallest absolute Gasteiger partial charge is 0.117 e. The highest BCUT2D eigenvalue weighted by atomic mass is 28.3. The van der Waals surface area contributed by atoms with E-state index in [9.17, 15) is 0 Å². The molecule has 10 rings (SSSR count). The predicted octanol–water partition coefficient (Wildman–Crippen LogP) is 12.9. The first-order valence-electron chi connectivity index (χ1n) is 19.6. The Kier molecular flexibility index (Phi) is 7.37. The number of benzene rings is 7. The van der Waals surface area contributed by atoms with E-state index in [2.05, 4.69) is 220 Å². The first-order valence-corrected chi connectivity index (χ1v) is 22.6. The Bertz CT molecular complexity index is 2600. The van der Waals surface area contributed by atoms with E-state index in [1.807, 2.05) is 0 Å². The lowest BCUT2D eigenvalue weighted by molar-refractivity contribution is 0.631. The summed E-state index contributed by atoms with van der Waals surface area (Å²) in [6.07, 6.45) is 4.52. The summed E-state index contributed by atoms with van der Waals surface area (Å²) in [4.78, 5) is 4.92. The van der Waals surface area contributed by atoms with E-state index < -0.39 is 8.07 Å². The van der Waals surface area contributed by atoms with Gasteiger partial charge in [0.15, 0.2) is 0 Å². The Labute approximate surface area is 327 Å². The maximum Gasteiger partial charge on any atom is 0.117 e. The van der Waals surface area contributed by atoms with Crippen molar-refractivity contribution in [1.82, 2.24) is 0 Å². The number of hydrogen-bond acceptors (Lipinski definition) is 2. The lowest BCUT2D eigenvalue weighted by atomic mass is 9.73. The van der Waals surface area contributed by atoms with Gasteiger partial charge in [-0.25, -0.2) is 0 Å². The molecule has 0 atom stereocenters. The van der Waals surface area contributed by atoms with Gasteiger partial charge >= 0.3 is 0 Å². The highest BCUT2D eigenvalue weighted by Gasteiger charge is 2.40. The van der Waals surface area contributed by atoms with Crippen molar-refractivity contribution < 1.29 is 0 Å². The molecule has 0 saturated carbocycles. The Morgan fingerprint density at radius 1 is 0.400 bits per heavy atom. The number of rotatable bonds is 4. The van der Waals surface area contributed by atoms with Crippen LogP contribution in [0.3, 0.4) is 0 Å². The molecule has 268 valence electrons. The zero-order valence-corrected chi connectivity index (χ0v) is 33.6. The van der Waals surface area contributed by atoms with Gasteiger partial charge in [-0.05, 0) is 103 Å². The molecular weight excluding hydrogens is 681 g/mol. The minimum Gasteiger partial charge on any atom is -0.311 e. The first-order chi connectivity index (χ1) is 26.5. The number of hydrogen-bond donors (Lipinski definition) is 0. The van der Waals surface area contributed by atoms with Crippen molar-refractivity contribution in [2.24, 2.45) is 0 Å². The van der Waals surface area contributed by atoms with Crippen LogP contribution < -0.4 is 20.2 Å². The molecule has 7 aromatic carbocycles. The average Bonchev–Trinajstić information content (AvgIpc) is 3.43. The summed E-state index contributed by atoms with van der Waals surface area (Å²) < 4.78 is 0. The third kappa shape index (κ3) is 4.99. The summed E-state index contributed by atoms with van der Waals surface area (Å²) in [5, 5.41) is 2.98. The van der Waals surface area contributed by atoms with Gasteiger partial charge in [0.25, 0.3) is 0 Å². The SMILES string of the molecule is CC1(C)c2cc(C=Cc3ccc(N4c5ccccc5[Si](C)(C)c5ccccc54)cc3)ccc2-c2ccc(N3c4ccccc4C(C)(C)c4ccccc43)cc21. The van der Waals surface area contributed by atoms with Crippen LogP contribution in [0.4, 0.5) is 34.1 Å². The van der Waals surface area contributed by atoms with Gasteiger partial charge in [0.05, 0.1) is 11.4 Å². The van der Waals surface area contributed by atoms with Crippen LogP contribution >= 0.6 is 0 Å². The Morgan fingerprint density at radius 2 is 0.818 bits per heavy atom. The van der Waals surface area contributed by atoms with Crippen molar-refractivity contribution in [2.45, 2.75) is 51.6 Å². The molecule has 0 spiro atoms. The molecule has 0 bridgehead atoms. The van der Waals surface area contributed by atoms with Crippen LogP contribution in [0.5, 0.6) is 0 Å². The van der Waals surface area contributed by atoms with Crippen molar-refractivity contribution in [3.8, 4) is 11.1 Å². The standard InChI is InChI=1S/C52H46N2Si/c1-51(2)41-15-7-9-17-45(41)54(46-18-10-8-16-42(46)51)38-30-32-40-39-31-27-36(33-43(39)52(3,4)44(40)34-38)24-23-35-25-28-37(29-26-35)53-47-19-11-13-21-49(47)55(5,6)50-22-14-12-20-48(50)53/h7-34H,1-6H3. The zero-order chi connectivity index (χ0) is 37.7. The maximum absolute atomic E-state index is 2.47. The normalized spacial score (nSPS) is 16.5.